The van der Waals surface area contributed by atoms with Crippen molar-refractivity contribution in [1.29, 1.82) is 0 Å². The van der Waals surface area contributed by atoms with Crippen molar-refractivity contribution >= 4 is 11.8 Å². The molecule has 1 saturated carbocycles. The lowest BCUT2D eigenvalue weighted by Gasteiger charge is -2.39. The van der Waals surface area contributed by atoms with Crippen LogP contribution >= 0.6 is 11.8 Å². The van der Waals surface area contributed by atoms with E-state index >= 15 is 0 Å². The maximum atomic E-state index is 3.88. The summed E-state index contributed by atoms with van der Waals surface area (Å²) < 4.78 is 0. The number of thioether (sulfide) groups is 1. The predicted octanol–water partition coefficient (Wildman–Crippen LogP) is 2.49. The van der Waals surface area contributed by atoms with Crippen molar-refractivity contribution in [2.75, 3.05) is 31.1 Å². The highest BCUT2D eigenvalue weighted by atomic mass is 32.2. The van der Waals surface area contributed by atoms with Crippen LogP contribution in [-0.2, 0) is 0 Å². The van der Waals surface area contributed by atoms with E-state index in [9.17, 15) is 0 Å². The van der Waals surface area contributed by atoms with Gasteiger partial charge in [0.15, 0.2) is 0 Å². The van der Waals surface area contributed by atoms with Gasteiger partial charge in [-0.05, 0) is 50.9 Å². The summed E-state index contributed by atoms with van der Waals surface area (Å²) in [4.78, 5) is 2.83. The topological polar surface area (TPSA) is 15.3 Å². The average Bonchev–Trinajstić information content (AvgIpc) is 2.71. The second-order valence-corrected chi connectivity index (χ2v) is 7.26. The van der Waals surface area contributed by atoms with Gasteiger partial charge >= 0.3 is 0 Å². The fraction of sp³-hybridized carbons (Fsp3) is 1.00. The molecule has 17 heavy (non-hydrogen) atoms. The summed E-state index contributed by atoms with van der Waals surface area (Å²) in [6.45, 7) is 3.91. The molecule has 0 amide bonds. The summed E-state index contributed by atoms with van der Waals surface area (Å²) in [5, 5.41) is 3.88. The molecule has 0 bridgehead atoms. The molecular formula is C14H26N2S. The van der Waals surface area contributed by atoms with Crippen LogP contribution in [0.3, 0.4) is 0 Å². The van der Waals surface area contributed by atoms with Crippen LogP contribution in [0.1, 0.15) is 44.9 Å². The molecular weight excluding hydrogens is 228 g/mol. The second-order valence-electron chi connectivity index (χ2n) is 6.11. The zero-order chi connectivity index (χ0) is 11.6. The minimum atomic E-state index is 0.499. The van der Waals surface area contributed by atoms with Crippen LogP contribution in [0.4, 0.5) is 0 Å². The Morgan fingerprint density at radius 2 is 2.00 bits per heavy atom. The third-order valence-corrected chi connectivity index (χ3v) is 6.04. The molecule has 0 radical (unpaired) electrons. The molecule has 1 spiro atoms. The Bertz CT molecular complexity index is 245. The first-order chi connectivity index (χ1) is 8.38. The van der Waals surface area contributed by atoms with Gasteiger partial charge < -0.3 is 5.32 Å². The number of hydrogen-bond donors (Lipinski definition) is 1. The Labute approximate surface area is 110 Å². The Morgan fingerprint density at radius 3 is 2.76 bits per heavy atom. The van der Waals surface area contributed by atoms with E-state index < -0.39 is 0 Å². The largest absolute Gasteiger partial charge is 0.310 e. The summed E-state index contributed by atoms with van der Waals surface area (Å²) in [6, 6.07) is 0.881. The van der Waals surface area contributed by atoms with Gasteiger partial charge in [0, 0.05) is 23.9 Å². The molecule has 2 saturated heterocycles. The first-order valence-electron chi connectivity index (χ1n) is 7.45. The summed E-state index contributed by atoms with van der Waals surface area (Å²) in [5.74, 6) is 2.78. The lowest BCUT2D eigenvalue weighted by molar-refractivity contribution is 0.159. The molecule has 3 aliphatic rings. The van der Waals surface area contributed by atoms with Gasteiger partial charge in [-0.3, -0.25) is 4.90 Å². The number of nitrogens with zero attached hydrogens (tertiary/aromatic N) is 1. The lowest BCUT2D eigenvalue weighted by Crippen LogP contribution is -2.52. The molecule has 3 fully saturated rings. The van der Waals surface area contributed by atoms with Crippen molar-refractivity contribution in [3.05, 3.63) is 0 Å². The summed E-state index contributed by atoms with van der Waals surface area (Å²) in [7, 11) is 0. The highest BCUT2D eigenvalue weighted by Gasteiger charge is 2.38. The van der Waals surface area contributed by atoms with Crippen molar-refractivity contribution in [1.82, 2.24) is 10.2 Å². The number of hydrogen-bond acceptors (Lipinski definition) is 3. The molecule has 1 N–H and O–H groups in total. The van der Waals surface area contributed by atoms with Gasteiger partial charge in [-0.15, -0.1) is 0 Å². The SMILES string of the molecule is C1CSCC(N2CCCNC3(CCCC3)C2)C1. The van der Waals surface area contributed by atoms with Crippen molar-refractivity contribution < 1.29 is 0 Å². The van der Waals surface area contributed by atoms with Gasteiger partial charge in [0.2, 0.25) is 0 Å². The van der Waals surface area contributed by atoms with Gasteiger partial charge in [0.1, 0.15) is 0 Å². The van der Waals surface area contributed by atoms with Crippen molar-refractivity contribution in [2.24, 2.45) is 0 Å². The Kier molecular flexibility index (Phi) is 3.98. The Morgan fingerprint density at radius 1 is 1.12 bits per heavy atom. The molecule has 98 valence electrons. The van der Waals surface area contributed by atoms with Crippen LogP contribution in [0, 0.1) is 0 Å². The molecule has 0 aromatic heterocycles. The lowest BCUT2D eigenvalue weighted by atomic mass is 9.96. The molecule has 0 aromatic rings. The minimum Gasteiger partial charge on any atom is -0.310 e. The van der Waals surface area contributed by atoms with E-state index in [4.69, 9.17) is 0 Å². The van der Waals surface area contributed by atoms with Gasteiger partial charge in [-0.2, -0.15) is 11.8 Å². The van der Waals surface area contributed by atoms with Gasteiger partial charge in [-0.25, -0.2) is 0 Å². The fourth-order valence-electron chi connectivity index (χ4n) is 3.87. The third-order valence-electron chi connectivity index (χ3n) is 4.84. The minimum absolute atomic E-state index is 0.499. The van der Waals surface area contributed by atoms with E-state index in [1.807, 2.05) is 0 Å². The monoisotopic (exact) mass is 254 g/mol. The quantitative estimate of drug-likeness (QED) is 0.774. The molecule has 3 heteroatoms. The molecule has 3 rings (SSSR count). The number of rotatable bonds is 1. The molecule has 2 nitrogen and oxygen atoms in total. The van der Waals surface area contributed by atoms with Crippen molar-refractivity contribution in [2.45, 2.75) is 56.5 Å². The predicted molar refractivity (Wildman–Crippen MR) is 75.7 cm³/mol. The highest BCUT2D eigenvalue weighted by molar-refractivity contribution is 7.99. The Hall–Kier alpha value is 0.270. The maximum Gasteiger partial charge on any atom is 0.0308 e. The van der Waals surface area contributed by atoms with Crippen LogP contribution in [0.15, 0.2) is 0 Å². The normalized spacial score (nSPS) is 34.9. The van der Waals surface area contributed by atoms with E-state index in [-0.39, 0.29) is 0 Å². The van der Waals surface area contributed by atoms with Gasteiger partial charge in [0.05, 0.1) is 0 Å². The highest BCUT2D eigenvalue weighted by Crippen LogP contribution is 2.33. The van der Waals surface area contributed by atoms with E-state index in [1.54, 1.807) is 0 Å². The van der Waals surface area contributed by atoms with Gasteiger partial charge in [0.25, 0.3) is 0 Å². The molecule has 0 aromatic carbocycles. The first-order valence-corrected chi connectivity index (χ1v) is 8.60. The van der Waals surface area contributed by atoms with Crippen LogP contribution in [0.25, 0.3) is 0 Å². The van der Waals surface area contributed by atoms with Gasteiger partial charge in [-0.1, -0.05) is 12.8 Å². The zero-order valence-electron chi connectivity index (χ0n) is 10.9. The average molecular weight is 254 g/mol. The van der Waals surface area contributed by atoms with Crippen LogP contribution in [0.2, 0.25) is 0 Å². The van der Waals surface area contributed by atoms with Crippen LogP contribution in [0.5, 0.6) is 0 Å². The molecule has 1 atom stereocenters. The standard InChI is InChI=1S/C14H26N2S/c1-2-7-14(6-1)12-16(9-4-8-15-14)13-5-3-10-17-11-13/h13,15H,1-12H2. The number of nitrogens with one attached hydrogen (secondary N) is 1. The van der Waals surface area contributed by atoms with Crippen molar-refractivity contribution in [3.8, 4) is 0 Å². The van der Waals surface area contributed by atoms with E-state index in [1.165, 1.54) is 76.1 Å². The van der Waals surface area contributed by atoms with E-state index in [0.29, 0.717) is 5.54 Å². The molecule has 2 aliphatic heterocycles. The zero-order valence-corrected chi connectivity index (χ0v) is 11.7. The summed E-state index contributed by atoms with van der Waals surface area (Å²) in [6.07, 6.45) is 9.96. The smallest absolute Gasteiger partial charge is 0.0308 e. The van der Waals surface area contributed by atoms with Crippen molar-refractivity contribution in [3.63, 3.8) is 0 Å². The molecule has 1 aliphatic carbocycles. The van der Waals surface area contributed by atoms with E-state index in [2.05, 4.69) is 22.0 Å². The molecule has 2 heterocycles. The van der Waals surface area contributed by atoms with E-state index in [0.717, 1.165) is 6.04 Å². The third kappa shape index (κ3) is 2.82. The first kappa shape index (κ1) is 12.3. The molecule has 1 unspecified atom stereocenters. The maximum absolute atomic E-state index is 3.88. The summed E-state index contributed by atoms with van der Waals surface area (Å²) in [5.41, 5.74) is 0.499. The van der Waals surface area contributed by atoms with Crippen LogP contribution < -0.4 is 5.32 Å². The summed E-state index contributed by atoms with van der Waals surface area (Å²) >= 11 is 2.17. The fourth-order valence-corrected chi connectivity index (χ4v) is 5.06. The Balaban J connectivity index is 1.66. The second kappa shape index (κ2) is 5.50. The van der Waals surface area contributed by atoms with Crippen LogP contribution in [-0.4, -0.2) is 47.6 Å².